The largest absolute Gasteiger partial charge is 0.479 e. The smallest absolute Gasteiger partial charge is 0.344 e. The van der Waals surface area contributed by atoms with Crippen molar-refractivity contribution in [2.75, 3.05) is 0 Å². The van der Waals surface area contributed by atoms with Crippen molar-refractivity contribution >= 4 is 32.8 Å². The Morgan fingerprint density at radius 1 is 1.44 bits per heavy atom. The molecule has 1 unspecified atom stereocenters. The van der Waals surface area contributed by atoms with E-state index in [2.05, 4.69) is 20.9 Å². The molecule has 0 spiro atoms. The van der Waals surface area contributed by atoms with Crippen LogP contribution >= 0.6 is 15.9 Å². The van der Waals surface area contributed by atoms with Gasteiger partial charge >= 0.3 is 5.97 Å². The summed E-state index contributed by atoms with van der Waals surface area (Å²) in [6.45, 7) is 3.35. The number of hydrogen-bond acceptors (Lipinski definition) is 3. The van der Waals surface area contributed by atoms with E-state index < -0.39 is 12.1 Å². The van der Waals surface area contributed by atoms with Gasteiger partial charge in [-0.15, -0.1) is 0 Å². The van der Waals surface area contributed by atoms with Crippen molar-refractivity contribution in [3.63, 3.8) is 0 Å². The molecule has 2 aromatic rings. The van der Waals surface area contributed by atoms with Crippen molar-refractivity contribution in [2.45, 2.75) is 20.0 Å². The number of ether oxygens (including phenoxy) is 1. The number of aryl methyl sites for hydroxylation is 1. The monoisotopic (exact) mass is 309 g/mol. The quantitative estimate of drug-likeness (QED) is 0.946. The SMILES string of the molecule is Cc1cc(OC(C)C(=O)O)c2cc(Br)ccc2n1. The molecule has 2 rings (SSSR count). The van der Waals surface area contributed by atoms with Crippen LogP contribution < -0.4 is 4.74 Å². The molecular weight excluding hydrogens is 298 g/mol. The van der Waals surface area contributed by atoms with E-state index in [4.69, 9.17) is 9.84 Å². The average Bonchev–Trinajstić information content (AvgIpc) is 2.29. The van der Waals surface area contributed by atoms with E-state index in [0.717, 1.165) is 21.1 Å². The lowest BCUT2D eigenvalue weighted by Crippen LogP contribution is -2.23. The Bertz CT molecular complexity index is 612. The highest BCUT2D eigenvalue weighted by molar-refractivity contribution is 9.10. The van der Waals surface area contributed by atoms with Gasteiger partial charge in [-0.2, -0.15) is 0 Å². The standard InChI is InChI=1S/C13H12BrNO3/c1-7-5-12(18-8(2)13(16)17)10-6-9(14)3-4-11(10)15-7/h3-6,8H,1-2H3,(H,16,17). The zero-order valence-electron chi connectivity index (χ0n) is 9.98. The minimum absolute atomic E-state index is 0.536. The molecule has 5 heteroatoms. The number of fused-ring (bicyclic) bond motifs is 1. The van der Waals surface area contributed by atoms with Crippen LogP contribution in [-0.4, -0.2) is 22.2 Å². The molecule has 18 heavy (non-hydrogen) atoms. The van der Waals surface area contributed by atoms with E-state index in [1.807, 2.05) is 25.1 Å². The number of carbonyl (C=O) groups is 1. The Balaban J connectivity index is 2.54. The van der Waals surface area contributed by atoms with Crippen LogP contribution in [0.4, 0.5) is 0 Å². The minimum atomic E-state index is -0.993. The van der Waals surface area contributed by atoms with Gasteiger partial charge in [-0.05, 0) is 32.0 Å². The van der Waals surface area contributed by atoms with E-state index in [1.54, 1.807) is 6.07 Å². The number of benzene rings is 1. The maximum atomic E-state index is 10.8. The molecule has 0 aliphatic carbocycles. The molecule has 0 bridgehead atoms. The molecule has 1 aromatic heterocycles. The van der Waals surface area contributed by atoms with Crippen LogP contribution in [0.25, 0.3) is 10.9 Å². The Morgan fingerprint density at radius 3 is 2.83 bits per heavy atom. The lowest BCUT2D eigenvalue weighted by molar-refractivity contribution is -0.144. The number of rotatable bonds is 3. The molecule has 0 aliphatic rings. The van der Waals surface area contributed by atoms with Crippen LogP contribution in [0.5, 0.6) is 5.75 Å². The zero-order valence-corrected chi connectivity index (χ0v) is 11.6. The van der Waals surface area contributed by atoms with Crippen molar-refractivity contribution in [3.8, 4) is 5.75 Å². The molecule has 0 fully saturated rings. The van der Waals surface area contributed by atoms with Gasteiger partial charge in [-0.1, -0.05) is 15.9 Å². The van der Waals surface area contributed by atoms with Crippen molar-refractivity contribution in [1.82, 2.24) is 4.98 Å². The summed E-state index contributed by atoms with van der Waals surface area (Å²) < 4.78 is 6.36. The van der Waals surface area contributed by atoms with Gasteiger partial charge in [0.25, 0.3) is 0 Å². The maximum Gasteiger partial charge on any atom is 0.344 e. The second-order valence-corrected chi connectivity index (χ2v) is 4.94. The predicted octanol–water partition coefficient (Wildman–Crippen LogP) is 3.16. The molecule has 0 amide bonds. The minimum Gasteiger partial charge on any atom is -0.479 e. The van der Waals surface area contributed by atoms with Crippen LogP contribution in [0.15, 0.2) is 28.7 Å². The third-order valence-electron chi connectivity index (χ3n) is 2.51. The van der Waals surface area contributed by atoms with Gasteiger partial charge < -0.3 is 9.84 Å². The molecule has 0 radical (unpaired) electrons. The fourth-order valence-electron chi connectivity index (χ4n) is 1.63. The van der Waals surface area contributed by atoms with Crippen LogP contribution in [-0.2, 0) is 4.79 Å². The summed E-state index contributed by atoms with van der Waals surface area (Å²) in [5.74, 6) is -0.457. The number of carboxylic acid groups (broad SMARTS) is 1. The fraction of sp³-hybridized carbons (Fsp3) is 0.231. The number of pyridine rings is 1. The summed E-state index contributed by atoms with van der Waals surface area (Å²) in [7, 11) is 0. The fourth-order valence-corrected chi connectivity index (χ4v) is 1.99. The van der Waals surface area contributed by atoms with Gasteiger partial charge in [0.2, 0.25) is 0 Å². The number of aromatic nitrogens is 1. The van der Waals surface area contributed by atoms with E-state index in [-0.39, 0.29) is 0 Å². The third kappa shape index (κ3) is 2.61. The second-order valence-electron chi connectivity index (χ2n) is 4.02. The molecule has 1 N–H and O–H groups in total. The molecule has 0 saturated carbocycles. The molecular formula is C13H12BrNO3. The highest BCUT2D eigenvalue weighted by Gasteiger charge is 2.15. The van der Waals surface area contributed by atoms with Crippen molar-refractivity contribution in [1.29, 1.82) is 0 Å². The van der Waals surface area contributed by atoms with Crippen molar-refractivity contribution in [2.24, 2.45) is 0 Å². The summed E-state index contributed by atoms with van der Waals surface area (Å²) in [5, 5.41) is 9.68. The lowest BCUT2D eigenvalue weighted by Gasteiger charge is -2.13. The van der Waals surface area contributed by atoms with Crippen LogP contribution in [0.3, 0.4) is 0 Å². The highest BCUT2D eigenvalue weighted by Crippen LogP contribution is 2.28. The first-order chi connectivity index (χ1) is 8.47. The second kappa shape index (κ2) is 4.94. The highest BCUT2D eigenvalue weighted by atomic mass is 79.9. The van der Waals surface area contributed by atoms with Gasteiger partial charge in [0, 0.05) is 21.6 Å². The predicted molar refractivity (Wildman–Crippen MR) is 71.9 cm³/mol. The summed E-state index contributed by atoms with van der Waals surface area (Å²) in [6.07, 6.45) is -0.894. The number of aliphatic carboxylic acids is 1. The van der Waals surface area contributed by atoms with Crippen LogP contribution in [0, 0.1) is 6.92 Å². The summed E-state index contributed by atoms with van der Waals surface area (Å²) >= 11 is 3.38. The summed E-state index contributed by atoms with van der Waals surface area (Å²) in [5.41, 5.74) is 1.57. The van der Waals surface area contributed by atoms with Gasteiger partial charge in [-0.3, -0.25) is 4.98 Å². The molecule has 94 valence electrons. The number of nitrogens with zero attached hydrogens (tertiary/aromatic N) is 1. The number of hydrogen-bond donors (Lipinski definition) is 1. The van der Waals surface area contributed by atoms with E-state index in [9.17, 15) is 4.79 Å². The average molecular weight is 310 g/mol. The number of carboxylic acids is 1. The first-order valence-corrected chi connectivity index (χ1v) is 6.23. The Morgan fingerprint density at radius 2 is 2.17 bits per heavy atom. The van der Waals surface area contributed by atoms with E-state index in [0.29, 0.717) is 5.75 Å². The summed E-state index contributed by atoms with van der Waals surface area (Å²) in [4.78, 5) is 15.2. The molecule has 1 atom stereocenters. The Hall–Kier alpha value is -1.62. The normalized spacial score (nSPS) is 12.4. The Labute approximate surface area is 113 Å². The van der Waals surface area contributed by atoms with E-state index >= 15 is 0 Å². The van der Waals surface area contributed by atoms with Gasteiger partial charge in [0.05, 0.1) is 5.52 Å². The van der Waals surface area contributed by atoms with Crippen molar-refractivity contribution in [3.05, 3.63) is 34.4 Å². The molecule has 1 aromatic carbocycles. The van der Waals surface area contributed by atoms with Crippen molar-refractivity contribution < 1.29 is 14.6 Å². The molecule has 0 aliphatic heterocycles. The molecule has 1 heterocycles. The first kappa shape index (κ1) is 12.8. The summed E-state index contributed by atoms with van der Waals surface area (Å²) in [6, 6.07) is 7.36. The van der Waals surface area contributed by atoms with E-state index in [1.165, 1.54) is 6.92 Å². The first-order valence-electron chi connectivity index (χ1n) is 5.44. The van der Waals surface area contributed by atoms with Gasteiger partial charge in [0.1, 0.15) is 5.75 Å². The van der Waals surface area contributed by atoms with Gasteiger partial charge in [0.15, 0.2) is 6.10 Å². The number of halogens is 1. The Kier molecular flexibility index (Phi) is 3.52. The zero-order chi connectivity index (χ0) is 13.3. The maximum absolute atomic E-state index is 10.8. The third-order valence-corrected chi connectivity index (χ3v) is 3.01. The van der Waals surface area contributed by atoms with Crippen LogP contribution in [0.2, 0.25) is 0 Å². The topological polar surface area (TPSA) is 59.4 Å². The van der Waals surface area contributed by atoms with Crippen LogP contribution in [0.1, 0.15) is 12.6 Å². The lowest BCUT2D eigenvalue weighted by atomic mass is 10.2. The molecule has 0 saturated heterocycles. The van der Waals surface area contributed by atoms with Gasteiger partial charge in [-0.25, -0.2) is 4.79 Å². The molecule has 4 nitrogen and oxygen atoms in total.